The van der Waals surface area contributed by atoms with Gasteiger partial charge in [0.05, 0.1) is 11.8 Å². The summed E-state index contributed by atoms with van der Waals surface area (Å²) in [7, 11) is -3.09. The summed E-state index contributed by atoms with van der Waals surface area (Å²) in [6.45, 7) is 4.00. The highest BCUT2D eigenvalue weighted by Crippen LogP contribution is 2.14. The van der Waals surface area contributed by atoms with Gasteiger partial charge in [-0.3, -0.25) is 4.79 Å². The minimum atomic E-state index is -3.09. The average Bonchev–Trinajstić information content (AvgIpc) is 2.25. The van der Waals surface area contributed by atoms with E-state index in [9.17, 15) is 13.2 Å². The number of nitrogens with one attached hydrogen (secondary N) is 1. The molecule has 0 radical (unpaired) electrons. The molecule has 1 amide bonds. The van der Waals surface area contributed by atoms with Crippen molar-refractivity contribution in [1.82, 2.24) is 0 Å². The normalized spacial score (nSPS) is 12.6. The number of amides is 1. The topological polar surface area (TPSA) is 89.3 Å². The highest BCUT2D eigenvalue weighted by Gasteiger charge is 2.15. The van der Waals surface area contributed by atoms with E-state index in [0.29, 0.717) is 23.6 Å². The summed E-state index contributed by atoms with van der Waals surface area (Å²) in [6, 6.07) is 6.23. The number of nitrogens with two attached hydrogens (primary N) is 1. The van der Waals surface area contributed by atoms with Crippen LogP contribution in [0.15, 0.2) is 24.3 Å². The highest BCUT2D eigenvalue weighted by atomic mass is 35.5. The summed E-state index contributed by atoms with van der Waals surface area (Å²) in [6.07, 6.45) is 1.78. The van der Waals surface area contributed by atoms with Crippen LogP contribution in [0.4, 0.5) is 5.69 Å². The van der Waals surface area contributed by atoms with Gasteiger partial charge < -0.3 is 11.1 Å². The second-order valence-corrected chi connectivity index (χ2v) is 7.64. The zero-order valence-corrected chi connectivity index (χ0v) is 14.1. The molecule has 1 rings (SSSR count). The number of anilines is 1. The number of hydrogen-bond donors (Lipinski definition) is 2. The van der Waals surface area contributed by atoms with E-state index in [0.717, 1.165) is 0 Å². The predicted molar refractivity (Wildman–Crippen MR) is 88.3 cm³/mol. The van der Waals surface area contributed by atoms with Crippen molar-refractivity contribution in [3.63, 3.8) is 0 Å². The van der Waals surface area contributed by atoms with Crippen molar-refractivity contribution in [2.45, 2.75) is 32.1 Å². The van der Waals surface area contributed by atoms with E-state index < -0.39 is 15.9 Å². The Bertz CT molecular complexity index is 573. The molecular formula is C14H23ClN2O3S. The number of sulfone groups is 1. The predicted octanol–water partition coefficient (Wildman–Crippen LogP) is 1.96. The third kappa shape index (κ3) is 8.04. The maximum atomic E-state index is 11.9. The van der Waals surface area contributed by atoms with Gasteiger partial charge in [0.1, 0.15) is 0 Å². The lowest BCUT2D eigenvalue weighted by Gasteiger charge is -2.14. The minimum Gasteiger partial charge on any atom is -0.325 e. The Balaban J connectivity index is 0.00000400. The van der Waals surface area contributed by atoms with Gasteiger partial charge in [0.2, 0.25) is 5.91 Å². The van der Waals surface area contributed by atoms with E-state index in [-0.39, 0.29) is 24.1 Å². The van der Waals surface area contributed by atoms with E-state index in [4.69, 9.17) is 5.73 Å². The highest BCUT2D eigenvalue weighted by molar-refractivity contribution is 7.89. The molecule has 0 unspecified atom stereocenters. The Hall–Kier alpha value is -1.11. The smallest absolute Gasteiger partial charge is 0.241 e. The summed E-state index contributed by atoms with van der Waals surface area (Å²) in [5.41, 5.74) is 7.00. The number of halogens is 1. The van der Waals surface area contributed by atoms with Gasteiger partial charge in [-0.05, 0) is 30.0 Å². The first-order valence-electron chi connectivity index (χ1n) is 6.50. The third-order valence-electron chi connectivity index (χ3n) is 2.69. The van der Waals surface area contributed by atoms with E-state index in [1.54, 1.807) is 24.3 Å². The van der Waals surface area contributed by atoms with Crippen molar-refractivity contribution >= 4 is 33.8 Å². The van der Waals surface area contributed by atoms with Crippen molar-refractivity contribution < 1.29 is 13.2 Å². The van der Waals surface area contributed by atoms with Crippen LogP contribution in [0.2, 0.25) is 0 Å². The molecule has 0 bridgehead atoms. The molecule has 1 atom stereocenters. The van der Waals surface area contributed by atoms with Crippen LogP contribution in [-0.4, -0.2) is 26.6 Å². The largest absolute Gasteiger partial charge is 0.325 e. The molecule has 120 valence electrons. The first kappa shape index (κ1) is 19.9. The summed E-state index contributed by atoms with van der Waals surface area (Å²) < 4.78 is 22.5. The first-order valence-corrected chi connectivity index (χ1v) is 8.56. The summed E-state index contributed by atoms with van der Waals surface area (Å²) in [5.74, 6) is 0.0388. The fraction of sp³-hybridized carbons (Fsp3) is 0.500. The molecule has 5 nitrogen and oxygen atoms in total. The van der Waals surface area contributed by atoms with Crippen LogP contribution in [0.3, 0.4) is 0 Å². The lowest BCUT2D eigenvalue weighted by atomic mass is 10.0. The van der Waals surface area contributed by atoms with Crippen LogP contribution in [-0.2, 0) is 20.4 Å². The Morgan fingerprint density at radius 1 is 1.33 bits per heavy atom. The summed E-state index contributed by atoms with van der Waals surface area (Å²) in [4.78, 5) is 11.9. The lowest BCUT2D eigenvalue weighted by molar-refractivity contribution is -0.117. The maximum Gasteiger partial charge on any atom is 0.241 e. The fourth-order valence-electron chi connectivity index (χ4n) is 1.89. The molecular weight excluding hydrogens is 312 g/mol. The number of rotatable bonds is 6. The molecule has 0 spiro atoms. The monoisotopic (exact) mass is 334 g/mol. The molecule has 0 heterocycles. The van der Waals surface area contributed by atoms with Crippen LogP contribution in [0, 0.1) is 5.92 Å². The Morgan fingerprint density at radius 2 is 1.95 bits per heavy atom. The number of hydrogen-bond acceptors (Lipinski definition) is 4. The van der Waals surface area contributed by atoms with E-state index in [2.05, 4.69) is 5.32 Å². The zero-order chi connectivity index (χ0) is 15.3. The van der Waals surface area contributed by atoms with Gasteiger partial charge in [-0.25, -0.2) is 8.42 Å². The van der Waals surface area contributed by atoms with Crippen LogP contribution < -0.4 is 11.1 Å². The third-order valence-corrected chi connectivity index (χ3v) is 3.54. The van der Waals surface area contributed by atoms with Crippen LogP contribution in [0.25, 0.3) is 0 Å². The van der Waals surface area contributed by atoms with Crippen molar-refractivity contribution in [3.05, 3.63) is 29.8 Å². The van der Waals surface area contributed by atoms with E-state index in [1.807, 2.05) is 13.8 Å². The molecule has 0 saturated carbocycles. The number of carbonyl (C=O) groups is 1. The Labute approximate surface area is 132 Å². The quantitative estimate of drug-likeness (QED) is 0.832. The van der Waals surface area contributed by atoms with Gasteiger partial charge in [-0.15, -0.1) is 12.4 Å². The second-order valence-electron chi connectivity index (χ2n) is 5.50. The molecule has 0 saturated heterocycles. The van der Waals surface area contributed by atoms with Crippen LogP contribution in [0.1, 0.15) is 25.8 Å². The summed E-state index contributed by atoms with van der Waals surface area (Å²) in [5, 5.41) is 2.71. The molecule has 7 heteroatoms. The van der Waals surface area contributed by atoms with Gasteiger partial charge in [-0.1, -0.05) is 26.0 Å². The van der Waals surface area contributed by atoms with Crippen molar-refractivity contribution in [1.29, 1.82) is 0 Å². The molecule has 1 aromatic carbocycles. The van der Waals surface area contributed by atoms with Gasteiger partial charge in [0.15, 0.2) is 9.84 Å². The lowest BCUT2D eigenvalue weighted by Crippen LogP contribution is -2.36. The molecule has 0 fully saturated rings. The SMILES string of the molecule is CC(C)C[C@H](N)C(=O)Nc1cccc(CS(C)(=O)=O)c1.Cl. The van der Waals surface area contributed by atoms with Crippen molar-refractivity contribution in [3.8, 4) is 0 Å². The van der Waals surface area contributed by atoms with Crippen LogP contribution in [0.5, 0.6) is 0 Å². The molecule has 21 heavy (non-hydrogen) atoms. The fourth-order valence-corrected chi connectivity index (χ4v) is 2.68. The van der Waals surface area contributed by atoms with E-state index >= 15 is 0 Å². The van der Waals surface area contributed by atoms with Gasteiger partial charge in [0.25, 0.3) is 0 Å². The zero-order valence-electron chi connectivity index (χ0n) is 12.5. The first-order chi connectivity index (χ1) is 9.17. The Morgan fingerprint density at radius 3 is 2.48 bits per heavy atom. The number of carbonyl (C=O) groups excluding carboxylic acids is 1. The molecule has 0 aliphatic rings. The van der Waals surface area contributed by atoms with Gasteiger partial charge in [-0.2, -0.15) is 0 Å². The molecule has 0 aliphatic heterocycles. The second kappa shape index (κ2) is 8.36. The standard InChI is InChI=1S/C14H22N2O3S.ClH/c1-10(2)7-13(15)14(17)16-12-6-4-5-11(8-12)9-20(3,18)19;/h4-6,8,10,13H,7,9,15H2,1-3H3,(H,16,17);1H/t13-;/m0./s1. The maximum absolute atomic E-state index is 11.9. The minimum absolute atomic E-state index is 0. The van der Waals surface area contributed by atoms with Gasteiger partial charge >= 0.3 is 0 Å². The number of benzene rings is 1. The summed E-state index contributed by atoms with van der Waals surface area (Å²) >= 11 is 0. The van der Waals surface area contributed by atoms with Crippen molar-refractivity contribution in [2.75, 3.05) is 11.6 Å². The van der Waals surface area contributed by atoms with Crippen molar-refractivity contribution in [2.24, 2.45) is 11.7 Å². The molecule has 0 aromatic heterocycles. The average molecular weight is 335 g/mol. The van der Waals surface area contributed by atoms with Crippen LogP contribution >= 0.6 is 12.4 Å². The van der Waals surface area contributed by atoms with Gasteiger partial charge in [0, 0.05) is 11.9 Å². The van der Waals surface area contributed by atoms with E-state index in [1.165, 1.54) is 6.26 Å². The molecule has 1 aromatic rings. The molecule has 3 N–H and O–H groups in total. The Kier molecular flexibility index (Phi) is 7.92. The molecule has 0 aliphatic carbocycles.